The highest BCUT2D eigenvalue weighted by Gasteiger charge is 2.12. The van der Waals surface area contributed by atoms with Gasteiger partial charge >= 0.3 is 0 Å². The average molecular weight is 309 g/mol. The fourth-order valence-corrected chi connectivity index (χ4v) is 2.66. The van der Waals surface area contributed by atoms with Gasteiger partial charge in [0.05, 0.1) is 30.4 Å². The maximum atomic E-state index is 11.9. The Morgan fingerprint density at radius 1 is 1.30 bits per heavy atom. The van der Waals surface area contributed by atoms with Gasteiger partial charge in [-0.05, 0) is 49.6 Å². The molecule has 0 saturated heterocycles. The number of carbonyl (C=O) groups excluding carboxylic acids is 1. The number of hydrogen-bond donors (Lipinski definition) is 2. The van der Waals surface area contributed by atoms with Crippen LogP contribution in [0.5, 0.6) is 0 Å². The van der Waals surface area contributed by atoms with Crippen molar-refractivity contribution >= 4 is 11.6 Å². The molecule has 0 saturated carbocycles. The Bertz CT molecular complexity index is 703. The van der Waals surface area contributed by atoms with E-state index in [1.54, 1.807) is 24.3 Å². The van der Waals surface area contributed by atoms with Crippen LogP contribution < -0.4 is 10.6 Å². The van der Waals surface area contributed by atoms with Gasteiger partial charge in [-0.3, -0.25) is 9.48 Å². The van der Waals surface area contributed by atoms with Crippen molar-refractivity contribution in [2.45, 2.75) is 32.4 Å². The number of nitriles is 1. The summed E-state index contributed by atoms with van der Waals surface area (Å²) < 4.78 is 2.04. The van der Waals surface area contributed by atoms with E-state index in [0.717, 1.165) is 24.3 Å². The molecule has 1 amide bonds. The summed E-state index contributed by atoms with van der Waals surface area (Å²) in [5, 5.41) is 19.2. The van der Waals surface area contributed by atoms with Gasteiger partial charge < -0.3 is 10.6 Å². The van der Waals surface area contributed by atoms with Gasteiger partial charge in [-0.15, -0.1) is 0 Å². The number of hydrogen-bond acceptors (Lipinski definition) is 4. The second-order valence-corrected chi connectivity index (χ2v) is 5.63. The van der Waals surface area contributed by atoms with Gasteiger partial charge in [0.15, 0.2) is 0 Å². The van der Waals surface area contributed by atoms with Crippen LogP contribution in [0.3, 0.4) is 0 Å². The Balaban J connectivity index is 1.46. The molecular weight excluding hydrogens is 290 g/mol. The molecule has 1 aliphatic heterocycles. The normalized spacial score (nSPS) is 13.0. The van der Waals surface area contributed by atoms with Crippen LogP contribution in [0.2, 0.25) is 0 Å². The fraction of sp³-hybridized carbons (Fsp3) is 0.353. The van der Waals surface area contributed by atoms with Crippen molar-refractivity contribution in [1.82, 2.24) is 15.1 Å². The van der Waals surface area contributed by atoms with Crippen LogP contribution in [0.4, 0.5) is 5.69 Å². The predicted octanol–water partition coefficient (Wildman–Crippen LogP) is 1.82. The lowest BCUT2D eigenvalue weighted by atomic mass is 10.1. The van der Waals surface area contributed by atoms with Gasteiger partial charge in [-0.2, -0.15) is 10.4 Å². The van der Waals surface area contributed by atoms with Gasteiger partial charge in [-0.1, -0.05) is 0 Å². The second-order valence-electron chi connectivity index (χ2n) is 5.63. The Morgan fingerprint density at radius 2 is 2.13 bits per heavy atom. The molecule has 118 valence electrons. The zero-order valence-corrected chi connectivity index (χ0v) is 12.9. The van der Waals surface area contributed by atoms with E-state index in [1.807, 2.05) is 4.68 Å². The molecule has 6 nitrogen and oxygen atoms in total. The van der Waals surface area contributed by atoms with Crippen LogP contribution >= 0.6 is 0 Å². The average Bonchev–Trinajstić information content (AvgIpc) is 3.01. The molecular formula is C17H19N5O. The Hall–Kier alpha value is -2.81. The molecule has 0 atom stereocenters. The summed E-state index contributed by atoms with van der Waals surface area (Å²) in [6.07, 6.45) is 3.46. The van der Waals surface area contributed by atoms with Crippen LogP contribution in [0.1, 0.15) is 29.8 Å². The largest absolute Gasteiger partial charge is 0.376 e. The number of nitrogens with one attached hydrogen (secondary N) is 2. The van der Waals surface area contributed by atoms with Crippen LogP contribution in [-0.4, -0.2) is 22.2 Å². The molecule has 0 spiro atoms. The summed E-state index contributed by atoms with van der Waals surface area (Å²) in [4.78, 5) is 11.9. The van der Waals surface area contributed by atoms with Gasteiger partial charge in [0.25, 0.3) is 0 Å². The first-order valence-corrected chi connectivity index (χ1v) is 7.81. The topological polar surface area (TPSA) is 82.7 Å². The van der Waals surface area contributed by atoms with Crippen molar-refractivity contribution in [3.8, 4) is 6.07 Å². The quantitative estimate of drug-likeness (QED) is 0.882. The number of fused-ring (bicyclic) bond motifs is 1. The third kappa shape index (κ3) is 3.89. The second kappa shape index (κ2) is 6.97. The van der Waals surface area contributed by atoms with Crippen molar-refractivity contribution in [2.75, 3.05) is 11.9 Å². The van der Waals surface area contributed by atoms with Crippen molar-refractivity contribution in [2.24, 2.45) is 0 Å². The highest BCUT2D eigenvalue weighted by Crippen LogP contribution is 2.15. The lowest BCUT2D eigenvalue weighted by molar-refractivity contribution is -0.119. The number of nitrogens with zero attached hydrogens (tertiary/aromatic N) is 3. The van der Waals surface area contributed by atoms with Gasteiger partial charge in [0.2, 0.25) is 5.91 Å². The van der Waals surface area contributed by atoms with Crippen LogP contribution in [0, 0.1) is 11.3 Å². The van der Waals surface area contributed by atoms with Crippen LogP contribution in [0.15, 0.2) is 30.3 Å². The highest BCUT2D eigenvalue weighted by atomic mass is 16.1. The molecule has 3 rings (SSSR count). The maximum Gasteiger partial charge on any atom is 0.239 e. The Labute approximate surface area is 135 Å². The summed E-state index contributed by atoms with van der Waals surface area (Å²) in [5.41, 5.74) is 3.59. The zero-order chi connectivity index (χ0) is 16.1. The number of aryl methyl sites for hydroxylation is 2. The third-order valence-corrected chi connectivity index (χ3v) is 3.90. The number of rotatable bonds is 5. The summed E-state index contributed by atoms with van der Waals surface area (Å²) in [7, 11) is 0. The Kier molecular flexibility index (Phi) is 4.57. The van der Waals surface area contributed by atoms with Crippen molar-refractivity contribution in [3.05, 3.63) is 47.3 Å². The minimum atomic E-state index is -0.0830. The maximum absolute atomic E-state index is 11.9. The number of carbonyl (C=O) groups is 1. The van der Waals surface area contributed by atoms with E-state index in [-0.39, 0.29) is 12.5 Å². The molecule has 2 N–H and O–H groups in total. The van der Waals surface area contributed by atoms with E-state index in [9.17, 15) is 4.79 Å². The van der Waals surface area contributed by atoms with E-state index in [2.05, 4.69) is 27.9 Å². The van der Waals surface area contributed by atoms with Gasteiger partial charge in [-0.25, -0.2) is 0 Å². The molecule has 2 heterocycles. The van der Waals surface area contributed by atoms with E-state index in [4.69, 9.17) is 5.26 Å². The molecule has 0 fully saturated rings. The van der Waals surface area contributed by atoms with Crippen molar-refractivity contribution < 1.29 is 4.79 Å². The van der Waals surface area contributed by atoms with Crippen LogP contribution in [-0.2, 0) is 24.3 Å². The van der Waals surface area contributed by atoms with E-state index in [0.29, 0.717) is 12.1 Å². The molecule has 1 aromatic heterocycles. The standard InChI is InChI=1S/C17H19N5O/c18-10-13-4-6-14(7-5-13)19-12-17(23)20-11-15-9-16-3-1-2-8-22(16)21-15/h4-7,9,19H,1-3,8,11-12H2,(H,20,23). The van der Waals surface area contributed by atoms with Gasteiger partial charge in [0, 0.05) is 17.9 Å². The highest BCUT2D eigenvalue weighted by molar-refractivity contribution is 5.80. The number of amides is 1. The van der Waals surface area contributed by atoms with Crippen molar-refractivity contribution in [1.29, 1.82) is 5.26 Å². The SMILES string of the molecule is N#Cc1ccc(NCC(=O)NCc2cc3n(n2)CCCC3)cc1. The number of aromatic nitrogens is 2. The molecule has 23 heavy (non-hydrogen) atoms. The minimum absolute atomic E-state index is 0.0830. The molecule has 0 bridgehead atoms. The number of benzene rings is 1. The first kappa shape index (κ1) is 15.1. The summed E-state index contributed by atoms with van der Waals surface area (Å²) in [6.45, 7) is 1.62. The summed E-state index contributed by atoms with van der Waals surface area (Å²) >= 11 is 0. The molecule has 0 unspecified atom stereocenters. The summed E-state index contributed by atoms with van der Waals surface area (Å²) in [5.74, 6) is -0.0830. The molecule has 1 aromatic carbocycles. The third-order valence-electron chi connectivity index (χ3n) is 3.90. The van der Waals surface area contributed by atoms with E-state index < -0.39 is 0 Å². The predicted molar refractivity (Wildman–Crippen MR) is 86.7 cm³/mol. The zero-order valence-electron chi connectivity index (χ0n) is 12.9. The first-order chi connectivity index (χ1) is 11.2. The lowest BCUT2D eigenvalue weighted by Crippen LogP contribution is -2.29. The number of anilines is 1. The van der Waals surface area contributed by atoms with Crippen molar-refractivity contribution in [3.63, 3.8) is 0 Å². The molecule has 0 radical (unpaired) electrons. The first-order valence-electron chi connectivity index (χ1n) is 7.81. The molecule has 0 aliphatic carbocycles. The van der Waals surface area contributed by atoms with Crippen LogP contribution in [0.25, 0.3) is 0 Å². The molecule has 1 aliphatic rings. The fourth-order valence-electron chi connectivity index (χ4n) is 2.66. The van der Waals surface area contributed by atoms with E-state index in [1.165, 1.54) is 18.5 Å². The Morgan fingerprint density at radius 3 is 2.87 bits per heavy atom. The molecule has 2 aromatic rings. The van der Waals surface area contributed by atoms with Gasteiger partial charge in [0.1, 0.15) is 0 Å². The molecule has 6 heteroatoms. The van der Waals surface area contributed by atoms with E-state index >= 15 is 0 Å². The minimum Gasteiger partial charge on any atom is -0.376 e. The summed E-state index contributed by atoms with van der Waals surface area (Å²) in [6, 6.07) is 11.1. The smallest absolute Gasteiger partial charge is 0.239 e. The monoisotopic (exact) mass is 309 g/mol. The lowest BCUT2D eigenvalue weighted by Gasteiger charge is -2.11.